The molecule has 34 heavy (non-hydrogen) atoms. The van der Waals surface area contributed by atoms with E-state index in [0.717, 1.165) is 38.5 Å². The van der Waals surface area contributed by atoms with Crippen molar-refractivity contribution >= 4 is 14.0 Å². The van der Waals surface area contributed by atoms with Crippen LogP contribution in [0, 0.1) is 23.3 Å². The molecule has 0 amide bonds. The van der Waals surface area contributed by atoms with E-state index in [1.807, 2.05) is 24.3 Å². The lowest BCUT2D eigenvalue weighted by Gasteiger charge is -2.23. The number of aliphatic hydroxyl groups excluding tert-OH is 2. The molecule has 0 bridgehead atoms. The highest BCUT2D eigenvalue weighted by Crippen LogP contribution is 2.36. The van der Waals surface area contributed by atoms with Gasteiger partial charge in [0.1, 0.15) is 13.7 Å². The summed E-state index contributed by atoms with van der Waals surface area (Å²) in [5.41, 5.74) is 2.30. The van der Waals surface area contributed by atoms with Crippen molar-refractivity contribution in [1.29, 1.82) is 0 Å². The van der Waals surface area contributed by atoms with Crippen molar-refractivity contribution < 1.29 is 24.9 Å². The highest BCUT2D eigenvalue weighted by molar-refractivity contribution is 6.83. The van der Waals surface area contributed by atoms with Crippen LogP contribution in [0.1, 0.15) is 77.6 Å². The second-order valence-corrected chi connectivity index (χ2v) is 15.5. The van der Waals surface area contributed by atoms with Crippen LogP contribution < -0.4 is 0 Å². The van der Waals surface area contributed by atoms with Gasteiger partial charge in [-0.25, -0.2) is 0 Å². The largest absolute Gasteiger partial charge is 0.469 e. The zero-order chi connectivity index (χ0) is 25.6. The van der Waals surface area contributed by atoms with Crippen LogP contribution in [0.5, 0.6) is 0 Å². The predicted octanol–water partition coefficient (Wildman–Crippen LogP) is 5.16. The van der Waals surface area contributed by atoms with E-state index in [-0.39, 0.29) is 17.8 Å². The molecule has 0 heterocycles. The van der Waals surface area contributed by atoms with Gasteiger partial charge in [0, 0.05) is 25.2 Å². The molecule has 0 spiro atoms. The highest BCUT2D eigenvalue weighted by atomic mass is 28.3. The molecule has 0 radical (unpaired) electrons. The smallest absolute Gasteiger partial charge is 0.305 e. The van der Waals surface area contributed by atoms with Crippen molar-refractivity contribution in [1.82, 2.24) is 0 Å². The molecule has 1 unspecified atom stereocenters. The van der Waals surface area contributed by atoms with E-state index in [1.165, 1.54) is 7.11 Å². The molecular weight excluding hydrogens is 444 g/mol. The number of unbranched alkanes of at least 4 members (excludes halogenated alkanes) is 4. The lowest BCUT2D eigenvalue weighted by atomic mass is 9.88. The van der Waals surface area contributed by atoms with Crippen LogP contribution in [0.25, 0.3) is 0 Å². The Hall–Kier alpha value is -1.39. The third kappa shape index (κ3) is 12.4. The first-order chi connectivity index (χ1) is 16.0. The number of methoxy groups -OCH3 is 1. The Morgan fingerprint density at radius 2 is 1.82 bits per heavy atom. The Bertz CT molecular complexity index is 715. The van der Waals surface area contributed by atoms with Crippen molar-refractivity contribution in [2.75, 3.05) is 7.11 Å². The monoisotopic (exact) mass is 492 g/mol. The van der Waals surface area contributed by atoms with Crippen LogP contribution in [0.15, 0.2) is 24.3 Å². The van der Waals surface area contributed by atoms with Gasteiger partial charge in [0.25, 0.3) is 0 Å². The van der Waals surface area contributed by atoms with Crippen molar-refractivity contribution in [2.45, 2.75) is 115 Å². The van der Waals surface area contributed by atoms with E-state index < -0.39 is 25.9 Å². The normalized spacial score (nSPS) is 24.8. The van der Waals surface area contributed by atoms with E-state index in [4.69, 9.17) is 0 Å². The Kier molecular flexibility index (Phi) is 14.0. The number of ether oxygens (including phenoxy) is 1. The van der Waals surface area contributed by atoms with Gasteiger partial charge in [-0.3, -0.25) is 4.79 Å². The second kappa shape index (κ2) is 15.6. The topological polar surface area (TPSA) is 87.0 Å². The van der Waals surface area contributed by atoms with Gasteiger partial charge in [-0.1, -0.05) is 76.1 Å². The average molecular weight is 493 g/mol. The van der Waals surface area contributed by atoms with Crippen molar-refractivity contribution in [3.63, 3.8) is 0 Å². The quantitative estimate of drug-likeness (QED) is 0.102. The molecule has 194 valence electrons. The minimum Gasteiger partial charge on any atom is -0.469 e. The van der Waals surface area contributed by atoms with Gasteiger partial charge in [-0.15, -0.1) is 5.54 Å². The van der Waals surface area contributed by atoms with Gasteiger partial charge in [0.05, 0.1) is 19.3 Å². The van der Waals surface area contributed by atoms with Crippen LogP contribution >= 0.6 is 0 Å². The Balaban J connectivity index is 2.75. The fourth-order valence-corrected chi connectivity index (χ4v) is 4.94. The third-order valence-corrected chi connectivity index (χ3v) is 7.27. The molecule has 1 fully saturated rings. The fraction of sp³-hybridized carbons (Fsp3) is 0.750. The van der Waals surface area contributed by atoms with Gasteiger partial charge >= 0.3 is 5.97 Å². The Labute approximate surface area is 208 Å². The molecule has 1 rings (SSSR count). The summed E-state index contributed by atoms with van der Waals surface area (Å²) in [6, 6.07) is 0. The number of carbonyl (C=O) groups excluding carboxylic acids is 1. The van der Waals surface area contributed by atoms with Crippen LogP contribution in [0.3, 0.4) is 0 Å². The predicted molar refractivity (Wildman–Crippen MR) is 142 cm³/mol. The van der Waals surface area contributed by atoms with Crippen LogP contribution in [0.2, 0.25) is 19.6 Å². The standard InChI is InChI=1S/C28H48O5Si/c1-6-7-8-13-18-28(32,20-21-34(3,4)5)19-14-16-24-23(25(29)22-26(24)30)15-11-9-10-12-17-27(31)33-2/h9,11,14,16,23-26,29-30,32H,6-8,10,12-13,15,17-19,22H2,1-5H3/t23-,24-,25-,26-,28?/m1/s1. The summed E-state index contributed by atoms with van der Waals surface area (Å²) in [5.74, 6) is 2.78. The zero-order valence-electron chi connectivity index (χ0n) is 22.1. The summed E-state index contributed by atoms with van der Waals surface area (Å²) in [7, 11) is -0.209. The molecule has 1 saturated carbocycles. The van der Waals surface area contributed by atoms with Gasteiger partial charge in [-0.05, 0) is 38.0 Å². The molecule has 0 aromatic rings. The molecule has 6 heteroatoms. The first kappa shape index (κ1) is 30.6. The van der Waals surface area contributed by atoms with Crippen LogP contribution in [-0.4, -0.2) is 54.3 Å². The van der Waals surface area contributed by atoms with Gasteiger partial charge in [0.15, 0.2) is 0 Å². The number of allylic oxidation sites excluding steroid dienone is 2. The second-order valence-electron chi connectivity index (χ2n) is 10.8. The molecule has 0 aromatic heterocycles. The van der Waals surface area contributed by atoms with E-state index >= 15 is 0 Å². The number of hydrogen-bond acceptors (Lipinski definition) is 5. The average Bonchev–Trinajstić information content (AvgIpc) is 3.04. The van der Waals surface area contributed by atoms with Crippen molar-refractivity contribution in [2.24, 2.45) is 11.8 Å². The molecule has 1 aliphatic rings. The van der Waals surface area contributed by atoms with Crippen LogP contribution in [-0.2, 0) is 9.53 Å². The summed E-state index contributed by atoms with van der Waals surface area (Å²) < 4.78 is 4.65. The van der Waals surface area contributed by atoms with Crippen molar-refractivity contribution in [3.8, 4) is 11.5 Å². The van der Waals surface area contributed by atoms with E-state index in [1.54, 1.807) is 0 Å². The number of rotatable bonds is 14. The number of aliphatic hydroxyl groups is 3. The number of esters is 1. The maximum atomic E-state index is 11.3. The lowest BCUT2D eigenvalue weighted by molar-refractivity contribution is -0.140. The van der Waals surface area contributed by atoms with Gasteiger partial charge in [0.2, 0.25) is 0 Å². The van der Waals surface area contributed by atoms with Crippen molar-refractivity contribution in [3.05, 3.63) is 24.3 Å². The number of carbonyl (C=O) groups is 1. The molecule has 5 atom stereocenters. The molecular formula is C28H48O5Si. The van der Waals surface area contributed by atoms with E-state index in [0.29, 0.717) is 32.1 Å². The molecule has 3 N–H and O–H groups in total. The van der Waals surface area contributed by atoms with Crippen LogP contribution in [0.4, 0.5) is 0 Å². The summed E-state index contributed by atoms with van der Waals surface area (Å²) in [6.07, 6.45) is 15.3. The molecule has 0 aromatic carbocycles. The zero-order valence-corrected chi connectivity index (χ0v) is 23.1. The molecule has 0 saturated heterocycles. The molecule has 0 aliphatic heterocycles. The van der Waals surface area contributed by atoms with E-state index in [9.17, 15) is 20.1 Å². The summed E-state index contributed by atoms with van der Waals surface area (Å²) in [4.78, 5) is 11.2. The minimum absolute atomic E-state index is 0.0613. The van der Waals surface area contributed by atoms with Gasteiger partial charge < -0.3 is 20.1 Å². The third-order valence-electron chi connectivity index (χ3n) is 6.40. The summed E-state index contributed by atoms with van der Waals surface area (Å²) in [5, 5.41) is 32.3. The fourth-order valence-electron chi connectivity index (χ4n) is 4.33. The first-order valence-electron chi connectivity index (χ1n) is 13.0. The lowest BCUT2D eigenvalue weighted by Crippen LogP contribution is -2.28. The Morgan fingerprint density at radius 3 is 2.47 bits per heavy atom. The summed E-state index contributed by atoms with van der Waals surface area (Å²) in [6.45, 7) is 8.71. The SMILES string of the molecule is CCCCCCC(O)(C#C[Si](C)(C)C)CC=C[C@@H]1[C@@H](CC=CCCCC(=O)OC)[C@H](O)C[C@H]1O. The Morgan fingerprint density at radius 1 is 1.09 bits per heavy atom. The van der Waals surface area contributed by atoms with E-state index in [2.05, 4.69) is 42.8 Å². The summed E-state index contributed by atoms with van der Waals surface area (Å²) >= 11 is 0. The highest BCUT2D eigenvalue weighted by Gasteiger charge is 2.39. The number of hydrogen-bond donors (Lipinski definition) is 3. The maximum Gasteiger partial charge on any atom is 0.305 e. The minimum atomic E-state index is -1.60. The molecule has 5 nitrogen and oxygen atoms in total. The maximum absolute atomic E-state index is 11.3. The first-order valence-corrected chi connectivity index (χ1v) is 16.5. The van der Waals surface area contributed by atoms with Gasteiger partial charge in [-0.2, -0.15) is 0 Å². The molecule has 1 aliphatic carbocycles.